The maximum absolute atomic E-state index is 12.9. The Morgan fingerprint density at radius 3 is 2.87 bits per heavy atom. The van der Waals surface area contributed by atoms with Gasteiger partial charge in [-0.1, -0.05) is 38.0 Å². The van der Waals surface area contributed by atoms with Crippen LogP contribution in [0.15, 0.2) is 57.7 Å². The fourth-order valence-corrected chi connectivity index (χ4v) is 5.12. The third-order valence-electron chi connectivity index (χ3n) is 4.70. The normalized spacial score (nSPS) is 16.8. The van der Waals surface area contributed by atoms with Gasteiger partial charge in [0.1, 0.15) is 11.9 Å². The summed E-state index contributed by atoms with van der Waals surface area (Å²) in [4.78, 5) is 18.6. The van der Waals surface area contributed by atoms with E-state index in [1.807, 2.05) is 24.4 Å². The SMILES string of the molecule is CCCCC(N=C1NS(=O)(=O)c2ccccc21)C(=O)Nc1cc(-c2cccs2)[nH]n1. The Kier molecular flexibility index (Phi) is 5.69. The van der Waals surface area contributed by atoms with Crippen molar-refractivity contribution in [3.8, 4) is 10.6 Å². The van der Waals surface area contributed by atoms with Crippen LogP contribution < -0.4 is 10.0 Å². The summed E-state index contributed by atoms with van der Waals surface area (Å²) >= 11 is 1.57. The highest BCUT2D eigenvalue weighted by Gasteiger charge is 2.31. The van der Waals surface area contributed by atoms with E-state index >= 15 is 0 Å². The van der Waals surface area contributed by atoms with Crippen LogP contribution in [0.4, 0.5) is 5.82 Å². The molecular weight excluding hydrogens is 422 g/mol. The Balaban J connectivity index is 1.57. The lowest BCUT2D eigenvalue weighted by Gasteiger charge is -2.12. The van der Waals surface area contributed by atoms with Crippen LogP contribution in [0.5, 0.6) is 0 Å². The van der Waals surface area contributed by atoms with Gasteiger partial charge in [-0.05, 0) is 30.0 Å². The van der Waals surface area contributed by atoms with Crippen LogP contribution in [-0.4, -0.2) is 36.4 Å². The Hall–Kier alpha value is -2.98. The van der Waals surface area contributed by atoms with Gasteiger partial charge in [0.05, 0.1) is 15.5 Å². The lowest BCUT2D eigenvalue weighted by molar-refractivity contribution is -0.117. The molecule has 4 rings (SSSR count). The van der Waals surface area contributed by atoms with E-state index in [-0.39, 0.29) is 16.6 Å². The smallest absolute Gasteiger partial charge is 0.263 e. The first-order chi connectivity index (χ1) is 14.5. The number of aromatic nitrogens is 2. The number of hydrogen-bond acceptors (Lipinski definition) is 6. The summed E-state index contributed by atoms with van der Waals surface area (Å²) < 4.78 is 27.1. The van der Waals surface area contributed by atoms with Crippen LogP contribution in [0.1, 0.15) is 31.7 Å². The van der Waals surface area contributed by atoms with E-state index in [1.54, 1.807) is 35.6 Å². The summed E-state index contributed by atoms with van der Waals surface area (Å²) in [5.74, 6) is 0.268. The molecule has 0 bridgehead atoms. The van der Waals surface area contributed by atoms with Crippen LogP contribution in [-0.2, 0) is 14.8 Å². The second-order valence-electron chi connectivity index (χ2n) is 6.87. The number of nitrogens with zero attached hydrogens (tertiary/aromatic N) is 2. The number of amidine groups is 1. The highest BCUT2D eigenvalue weighted by atomic mass is 32.2. The number of benzene rings is 1. The molecule has 1 aliphatic heterocycles. The molecule has 0 saturated heterocycles. The second kappa shape index (κ2) is 8.41. The Morgan fingerprint density at radius 1 is 1.27 bits per heavy atom. The number of amides is 1. The zero-order chi connectivity index (χ0) is 21.1. The van der Waals surface area contributed by atoms with Crippen molar-refractivity contribution in [2.45, 2.75) is 37.1 Å². The van der Waals surface area contributed by atoms with Crippen molar-refractivity contribution in [3.63, 3.8) is 0 Å². The van der Waals surface area contributed by atoms with Crippen molar-refractivity contribution in [1.82, 2.24) is 14.9 Å². The zero-order valence-corrected chi connectivity index (χ0v) is 17.9. The fraction of sp³-hybridized carbons (Fsp3) is 0.250. The molecule has 30 heavy (non-hydrogen) atoms. The van der Waals surface area contributed by atoms with Crippen molar-refractivity contribution in [3.05, 3.63) is 53.4 Å². The molecule has 1 atom stereocenters. The number of anilines is 1. The van der Waals surface area contributed by atoms with Gasteiger partial charge < -0.3 is 5.32 Å². The molecular formula is C20H21N5O3S2. The van der Waals surface area contributed by atoms with Gasteiger partial charge in [0, 0.05) is 11.6 Å². The van der Waals surface area contributed by atoms with E-state index in [9.17, 15) is 13.2 Å². The van der Waals surface area contributed by atoms with Crippen LogP contribution in [0.25, 0.3) is 10.6 Å². The number of rotatable bonds is 7. The minimum atomic E-state index is -3.66. The third-order valence-corrected chi connectivity index (χ3v) is 7.00. The topological polar surface area (TPSA) is 116 Å². The lowest BCUT2D eigenvalue weighted by Crippen LogP contribution is -2.31. The largest absolute Gasteiger partial charge is 0.307 e. The van der Waals surface area contributed by atoms with E-state index < -0.39 is 16.1 Å². The monoisotopic (exact) mass is 443 g/mol. The summed E-state index contributed by atoms with van der Waals surface area (Å²) in [7, 11) is -3.66. The average molecular weight is 444 g/mol. The van der Waals surface area contributed by atoms with Gasteiger partial charge in [-0.2, -0.15) is 5.10 Å². The first-order valence-corrected chi connectivity index (χ1v) is 11.9. The van der Waals surface area contributed by atoms with Gasteiger partial charge in [0.2, 0.25) is 5.91 Å². The number of carbonyl (C=O) groups excluding carboxylic acids is 1. The molecule has 0 fully saturated rings. The first-order valence-electron chi connectivity index (χ1n) is 9.58. The van der Waals surface area contributed by atoms with Crippen molar-refractivity contribution < 1.29 is 13.2 Å². The summed E-state index contributed by atoms with van der Waals surface area (Å²) in [5, 5.41) is 11.8. The third kappa shape index (κ3) is 4.14. The summed E-state index contributed by atoms with van der Waals surface area (Å²) in [6.45, 7) is 2.02. The van der Waals surface area contributed by atoms with Gasteiger partial charge >= 0.3 is 0 Å². The Bertz CT molecular complexity index is 1180. The summed E-state index contributed by atoms with van der Waals surface area (Å²) in [6.07, 6.45) is 2.17. The van der Waals surface area contributed by atoms with E-state index in [2.05, 4.69) is 25.2 Å². The Labute approximate surface area is 178 Å². The fourth-order valence-electron chi connectivity index (χ4n) is 3.19. The molecule has 3 aromatic rings. The lowest BCUT2D eigenvalue weighted by atomic mass is 10.1. The van der Waals surface area contributed by atoms with Crippen LogP contribution in [0, 0.1) is 0 Å². The molecule has 1 aromatic carbocycles. The van der Waals surface area contributed by atoms with Crippen molar-refractivity contribution >= 4 is 38.9 Å². The maximum Gasteiger partial charge on any atom is 0.263 e. The number of unbranched alkanes of at least 4 members (excludes halogenated alkanes) is 1. The minimum absolute atomic E-state index is 0.172. The van der Waals surface area contributed by atoms with E-state index in [4.69, 9.17) is 0 Å². The number of thiophene rings is 1. The molecule has 10 heteroatoms. The van der Waals surface area contributed by atoms with Gasteiger partial charge in [0.25, 0.3) is 10.0 Å². The number of carbonyl (C=O) groups is 1. The van der Waals surface area contributed by atoms with E-state index in [1.165, 1.54) is 6.07 Å². The molecule has 3 N–H and O–H groups in total. The molecule has 0 radical (unpaired) electrons. The Morgan fingerprint density at radius 2 is 2.10 bits per heavy atom. The minimum Gasteiger partial charge on any atom is -0.307 e. The molecule has 2 aromatic heterocycles. The van der Waals surface area contributed by atoms with E-state index in [0.29, 0.717) is 17.8 Å². The van der Waals surface area contributed by atoms with Crippen LogP contribution in [0.2, 0.25) is 0 Å². The van der Waals surface area contributed by atoms with Crippen molar-refractivity contribution in [1.29, 1.82) is 0 Å². The highest BCUT2D eigenvalue weighted by molar-refractivity contribution is 7.90. The predicted octanol–water partition coefficient (Wildman–Crippen LogP) is 3.37. The maximum atomic E-state index is 12.9. The number of hydrogen-bond donors (Lipinski definition) is 3. The van der Waals surface area contributed by atoms with Crippen LogP contribution in [0.3, 0.4) is 0 Å². The second-order valence-corrected chi connectivity index (χ2v) is 9.47. The molecule has 1 amide bonds. The quantitative estimate of drug-likeness (QED) is 0.519. The van der Waals surface area contributed by atoms with E-state index in [0.717, 1.165) is 23.4 Å². The molecule has 1 aliphatic rings. The summed E-state index contributed by atoms with van der Waals surface area (Å²) in [6, 6.07) is 11.5. The predicted molar refractivity (Wildman–Crippen MR) is 117 cm³/mol. The molecule has 1 unspecified atom stereocenters. The molecule has 156 valence electrons. The highest BCUT2D eigenvalue weighted by Crippen LogP contribution is 2.25. The number of nitrogens with one attached hydrogen (secondary N) is 3. The van der Waals surface area contributed by atoms with Gasteiger partial charge in [-0.15, -0.1) is 11.3 Å². The zero-order valence-electron chi connectivity index (χ0n) is 16.3. The molecule has 0 aliphatic carbocycles. The van der Waals surface area contributed by atoms with Crippen molar-refractivity contribution in [2.75, 3.05) is 5.32 Å². The standard InChI is InChI=1S/C20H21N5O3S2/c1-2-3-8-14(21-19-13-7-4-5-10-17(13)30(27,28)25-19)20(26)22-18-12-15(23-24-18)16-9-6-11-29-16/h4-7,9-12,14H,2-3,8H2,1H3,(H,21,25)(H2,22,23,24,26). The number of aromatic amines is 1. The molecule has 8 nitrogen and oxygen atoms in total. The van der Waals surface area contributed by atoms with Gasteiger partial charge in [0.15, 0.2) is 5.82 Å². The first kappa shape index (κ1) is 20.3. The number of aliphatic imine (C=N–C) groups is 1. The van der Waals surface area contributed by atoms with Gasteiger partial charge in [-0.3, -0.25) is 19.6 Å². The van der Waals surface area contributed by atoms with Crippen LogP contribution >= 0.6 is 11.3 Å². The number of sulfonamides is 1. The number of H-pyrrole nitrogens is 1. The summed E-state index contributed by atoms with van der Waals surface area (Å²) in [5.41, 5.74) is 1.29. The molecule has 0 saturated carbocycles. The number of fused-ring (bicyclic) bond motifs is 1. The van der Waals surface area contributed by atoms with Crippen molar-refractivity contribution in [2.24, 2.45) is 4.99 Å². The molecule has 0 spiro atoms. The average Bonchev–Trinajstić information content (AvgIpc) is 3.46. The molecule has 3 heterocycles. The van der Waals surface area contributed by atoms with Gasteiger partial charge in [-0.25, -0.2) is 8.42 Å².